The van der Waals surface area contributed by atoms with Crippen LogP contribution in [0.1, 0.15) is 19.4 Å². The van der Waals surface area contributed by atoms with Crippen LogP contribution in [0.2, 0.25) is 0 Å². The van der Waals surface area contributed by atoms with E-state index in [0.717, 1.165) is 41.2 Å². The van der Waals surface area contributed by atoms with Crippen LogP contribution < -0.4 is 8.85 Å². The summed E-state index contributed by atoms with van der Waals surface area (Å²) in [5, 5.41) is 3.28. The molecule has 5 rings (SSSR count). The fourth-order valence-corrected chi connectivity index (χ4v) is 8.67. The van der Waals surface area contributed by atoms with Crippen molar-refractivity contribution in [2.75, 3.05) is 30.8 Å². The third-order valence-electron chi connectivity index (χ3n) is 6.20. The van der Waals surface area contributed by atoms with Gasteiger partial charge in [0.1, 0.15) is 0 Å². The molecular weight excluding hydrogens is 573 g/mol. The molecule has 0 saturated carbocycles. The number of alkyl halides is 2. The van der Waals surface area contributed by atoms with E-state index in [0.29, 0.717) is 24.1 Å². The number of hydrogen-bond acceptors (Lipinski definition) is 6. The molecular formula is C27H29F2IN6. The van der Waals surface area contributed by atoms with Gasteiger partial charge in [-0.2, -0.15) is 0 Å². The quantitative estimate of drug-likeness (QED) is 0.151. The van der Waals surface area contributed by atoms with Gasteiger partial charge in [0.15, 0.2) is 0 Å². The van der Waals surface area contributed by atoms with Crippen molar-refractivity contribution in [2.45, 2.75) is 26.4 Å². The monoisotopic (exact) mass is 602 g/mol. The van der Waals surface area contributed by atoms with E-state index in [2.05, 4.69) is 27.6 Å². The fraction of sp³-hybridized carbons (Fsp3) is 0.296. The van der Waals surface area contributed by atoms with E-state index in [-0.39, 0.29) is 11.6 Å². The zero-order chi connectivity index (χ0) is 25.1. The predicted molar refractivity (Wildman–Crippen MR) is 151 cm³/mol. The number of pyridine rings is 1. The zero-order valence-electron chi connectivity index (χ0n) is 20.3. The summed E-state index contributed by atoms with van der Waals surface area (Å²) in [5.41, 5.74) is 3.98. The normalized spacial score (nSPS) is 15.4. The number of nitrogens with one attached hydrogen (secondary N) is 2. The number of halogens is 3. The summed E-state index contributed by atoms with van der Waals surface area (Å²) in [4.78, 5) is 16.9. The summed E-state index contributed by atoms with van der Waals surface area (Å²) in [5.74, 6) is 0.710. The van der Waals surface area contributed by atoms with Gasteiger partial charge in [0.25, 0.3) is 0 Å². The topological polar surface area (TPSA) is 66.0 Å². The van der Waals surface area contributed by atoms with Crippen LogP contribution in [0.4, 0.5) is 20.5 Å². The second kappa shape index (κ2) is 11.0. The zero-order valence-corrected chi connectivity index (χ0v) is 22.5. The molecule has 0 atom stereocenters. The van der Waals surface area contributed by atoms with Gasteiger partial charge in [-0.3, -0.25) is 0 Å². The molecule has 2 aromatic heterocycles. The average molecular weight is 602 g/mol. The second-order valence-corrected chi connectivity index (χ2v) is 14.3. The number of rotatable bonds is 7. The van der Waals surface area contributed by atoms with Crippen molar-refractivity contribution in [3.05, 3.63) is 77.9 Å². The third-order valence-corrected chi connectivity index (χ3v) is 11.0. The van der Waals surface area contributed by atoms with Crippen molar-refractivity contribution in [2.24, 2.45) is 0 Å². The maximum atomic E-state index is 13.4. The van der Waals surface area contributed by atoms with E-state index < -0.39 is 20.1 Å². The molecule has 1 fully saturated rings. The molecule has 0 radical (unpaired) electrons. The number of hydrogen-bond donors (Lipinski definition) is 2. The van der Waals surface area contributed by atoms with Gasteiger partial charge in [0.2, 0.25) is 0 Å². The summed E-state index contributed by atoms with van der Waals surface area (Å²) >= 11 is -1.48. The number of nitrogens with zero attached hydrogens (tertiary/aromatic N) is 4. The first-order valence-corrected chi connectivity index (χ1v) is 16.1. The SMILES string of the molecule is CC(C)N1CCI(Nc2nc(NCc3ccc(F)cc3)nc3ccc(-c4ccc(F)cc4)nc23)CC1. The molecule has 188 valence electrons. The number of fused-ring (bicyclic) bond motifs is 1. The summed E-state index contributed by atoms with van der Waals surface area (Å²) < 4.78 is 32.8. The molecule has 3 heterocycles. The molecule has 2 aromatic carbocycles. The minimum absolute atomic E-state index is 0.260. The molecule has 1 saturated heterocycles. The summed E-state index contributed by atoms with van der Waals surface area (Å²) in [7, 11) is 0. The predicted octanol–water partition coefficient (Wildman–Crippen LogP) is 6.14. The van der Waals surface area contributed by atoms with Crippen LogP contribution in [0.3, 0.4) is 0 Å². The van der Waals surface area contributed by atoms with Crippen molar-refractivity contribution in [3.63, 3.8) is 0 Å². The van der Waals surface area contributed by atoms with Crippen LogP contribution >= 0.6 is 20.1 Å². The molecule has 1 aliphatic heterocycles. The molecule has 0 spiro atoms. The molecule has 0 amide bonds. The van der Waals surface area contributed by atoms with E-state index in [1.807, 2.05) is 12.1 Å². The van der Waals surface area contributed by atoms with E-state index in [9.17, 15) is 8.78 Å². The molecule has 36 heavy (non-hydrogen) atoms. The van der Waals surface area contributed by atoms with Gasteiger partial charge in [0.05, 0.1) is 0 Å². The Bertz CT molecular complexity index is 1320. The van der Waals surface area contributed by atoms with Crippen LogP contribution in [0.25, 0.3) is 22.3 Å². The Morgan fingerprint density at radius 2 is 1.53 bits per heavy atom. The minimum atomic E-state index is -1.48. The van der Waals surface area contributed by atoms with Crippen LogP contribution in [0, 0.1) is 11.6 Å². The van der Waals surface area contributed by atoms with Gasteiger partial charge >= 0.3 is 218 Å². The standard InChI is InChI=1S/C27H29F2IN6/c1-18(2)36-15-13-30(14-16-36)35-26-25-24(12-11-23(32-25)20-5-9-22(29)10-6-20)33-27(34-26)31-17-19-3-7-21(28)8-4-19/h3-12,18H,13-17H2,1-2H3,(H2,31,33,34,35). The molecule has 0 aliphatic carbocycles. The summed E-state index contributed by atoms with van der Waals surface area (Å²) in [6.07, 6.45) is 0. The van der Waals surface area contributed by atoms with E-state index in [4.69, 9.17) is 15.0 Å². The van der Waals surface area contributed by atoms with Gasteiger partial charge in [-0.1, -0.05) is 0 Å². The van der Waals surface area contributed by atoms with Gasteiger partial charge in [0, 0.05) is 0 Å². The van der Waals surface area contributed by atoms with Crippen LogP contribution in [0.15, 0.2) is 60.7 Å². The van der Waals surface area contributed by atoms with Gasteiger partial charge in [-0.15, -0.1) is 0 Å². The number of benzene rings is 2. The molecule has 1 aliphatic rings. The van der Waals surface area contributed by atoms with Crippen molar-refractivity contribution in [1.82, 2.24) is 19.9 Å². The first-order chi connectivity index (χ1) is 17.4. The van der Waals surface area contributed by atoms with Crippen molar-refractivity contribution >= 4 is 42.9 Å². The van der Waals surface area contributed by atoms with E-state index in [1.165, 1.54) is 33.1 Å². The average Bonchev–Trinajstić information content (AvgIpc) is 2.89. The summed E-state index contributed by atoms with van der Waals surface area (Å²) in [6, 6.07) is 17.1. The Hall–Kier alpha value is -2.92. The first kappa shape index (κ1) is 24.8. The van der Waals surface area contributed by atoms with Crippen molar-refractivity contribution < 1.29 is 8.78 Å². The Morgan fingerprint density at radius 1 is 0.861 bits per heavy atom. The van der Waals surface area contributed by atoms with Gasteiger partial charge in [-0.05, 0) is 0 Å². The molecule has 2 N–H and O–H groups in total. The number of aromatic nitrogens is 3. The molecule has 0 bridgehead atoms. The Labute approximate surface area is 217 Å². The molecule has 0 unspecified atom stereocenters. The van der Waals surface area contributed by atoms with Gasteiger partial charge in [-0.25, -0.2) is 0 Å². The van der Waals surface area contributed by atoms with Crippen LogP contribution in [0.5, 0.6) is 0 Å². The van der Waals surface area contributed by atoms with E-state index >= 15 is 0 Å². The van der Waals surface area contributed by atoms with Crippen LogP contribution in [-0.4, -0.2) is 47.8 Å². The Kier molecular flexibility index (Phi) is 7.56. The first-order valence-electron chi connectivity index (χ1n) is 12.0. The molecule has 4 aromatic rings. The fourth-order valence-electron chi connectivity index (χ4n) is 4.09. The van der Waals surface area contributed by atoms with Crippen molar-refractivity contribution in [1.29, 1.82) is 0 Å². The van der Waals surface area contributed by atoms with Crippen molar-refractivity contribution in [3.8, 4) is 11.3 Å². The second-order valence-electron chi connectivity index (χ2n) is 9.01. The number of anilines is 2. The van der Waals surface area contributed by atoms with Gasteiger partial charge < -0.3 is 0 Å². The Morgan fingerprint density at radius 3 is 2.19 bits per heavy atom. The Balaban J connectivity index is 1.45. The third kappa shape index (κ3) is 5.89. The van der Waals surface area contributed by atoms with Crippen LogP contribution in [-0.2, 0) is 6.54 Å². The molecule has 6 nitrogen and oxygen atoms in total. The maximum absolute atomic E-state index is 13.4. The summed E-state index contributed by atoms with van der Waals surface area (Å²) in [6.45, 7) is 7.17. The molecule has 9 heteroatoms. The van der Waals surface area contributed by atoms with E-state index in [1.54, 1.807) is 24.3 Å².